The fourth-order valence-electron chi connectivity index (χ4n) is 2.39. The number of benzene rings is 1. The number of halogens is 2. The molecule has 1 atom stereocenters. The van der Waals surface area contributed by atoms with E-state index in [9.17, 15) is 8.78 Å². The molecule has 1 fully saturated rings. The van der Waals surface area contributed by atoms with E-state index in [2.05, 4.69) is 4.90 Å². The minimum absolute atomic E-state index is 0.332. The number of rotatable bonds is 3. The summed E-state index contributed by atoms with van der Waals surface area (Å²) in [5.41, 5.74) is 6.09. The van der Waals surface area contributed by atoms with E-state index < -0.39 is 0 Å². The highest BCUT2D eigenvalue weighted by atomic mass is 19.1. The van der Waals surface area contributed by atoms with Gasteiger partial charge in [0.2, 0.25) is 0 Å². The van der Waals surface area contributed by atoms with E-state index in [1.54, 1.807) is 0 Å². The first-order valence-corrected chi connectivity index (χ1v) is 6.05. The highest BCUT2D eigenvalue weighted by Gasteiger charge is 2.19. The summed E-state index contributed by atoms with van der Waals surface area (Å²) in [6, 6.07) is 3.62. The van der Waals surface area contributed by atoms with Gasteiger partial charge < -0.3 is 5.73 Å². The molecule has 2 rings (SSSR count). The highest BCUT2D eigenvalue weighted by Crippen LogP contribution is 2.19. The van der Waals surface area contributed by atoms with Gasteiger partial charge in [0, 0.05) is 18.7 Å². The number of piperidine rings is 1. The van der Waals surface area contributed by atoms with Gasteiger partial charge in [0.1, 0.15) is 11.6 Å². The third-order valence-electron chi connectivity index (χ3n) is 3.34. The lowest BCUT2D eigenvalue weighted by Crippen LogP contribution is -2.38. The Bertz CT molecular complexity index is 382. The summed E-state index contributed by atoms with van der Waals surface area (Å²) in [5.74, 6) is -0.226. The second-order valence-corrected chi connectivity index (χ2v) is 4.71. The van der Waals surface area contributed by atoms with E-state index in [0.29, 0.717) is 24.6 Å². The van der Waals surface area contributed by atoms with E-state index in [-0.39, 0.29) is 11.6 Å². The topological polar surface area (TPSA) is 29.3 Å². The predicted molar refractivity (Wildman–Crippen MR) is 63.4 cm³/mol. The van der Waals surface area contributed by atoms with Crippen molar-refractivity contribution < 1.29 is 8.78 Å². The standard InChI is InChI=1S/C13H18F2N2/c14-12-3-4-13(15)11(6-12)9-17-5-1-2-10(7-16)8-17/h3-4,6,10H,1-2,5,7-9,16H2/t10-/m1/s1. The van der Waals surface area contributed by atoms with Gasteiger partial charge in [-0.3, -0.25) is 4.90 Å². The molecule has 1 aliphatic heterocycles. The van der Waals surface area contributed by atoms with Crippen LogP contribution in [0.5, 0.6) is 0 Å². The van der Waals surface area contributed by atoms with Gasteiger partial charge in [-0.1, -0.05) is 0 Å². The average Bonchev–Trinajstić information content (AvgIpc) is 2.34. The highest BCUT2D eigenvalue weighted by molar-refractivity contribution is 5.18. The molecule has 0 aliphatic carbocycles. The number of likely N-dealkylation sites (tertiary alicyclic amines) is 1. The lowest BCUT2D eigenvalue weighted by Gasteiger charge is -2.32. The first-order valence-electron chi connectivity index (χ1n) is 6.05. The minimum atomic E-state index is -0.381. The normalized spacial score (nSPS) is 21.7. The zero-order valence-electron chi connectivity index (χ0n) is 9.83. The van der Waals surface area contributed by atoms with Crippen molar-refractivity contribution in [3.05, 3.63) is 35.4 Å². The zero-order chi connectivity index (χ0) is 12.3. The Morgan fingerprint density at radius 3 is 2.94 bits per heavy atom. The van der Waals surface area contributed by atoms with Gasteiger partial charge in [-0.05, 0) is 50.0 Å². The van der Waals surface area contributed by atoms with Crippen LogP contribution in [0.1, 0.15) is 18.4 Å². The van der Waals surface area contributed by atoms with Gasteiger partial charge >= 0.3 is 0 Å². The van der Waals surface area contributed by atoms with Gasteiger partial charge in [-0.25, -0.2) is 8.78 Å². The van der Waals surface area contributed by atoms with Gasteiger partial charge in [0.15, 0.2) is 0 Å². The van der Waals surface area contributed by atoms with Crippen LogP contribution in [0.4, 0.5) is 8.78 Å². The van der Waals surface area contributed by atoms with Crippen molar-refractivity contribution in [3.8, 4) is 0 Å². The summed E-state index contributed by atoms with van der Waals surface area (Å²) in [5, 5.41) is 0. The Morgan fingerprint density at radius 1 is 1.35 bits per heavy atom. The molecule has 94 valence electrons. The number of hydrogen-bond donors (Lipinski definition) is 1. The van der Waals surface area contributed by atoms with Crippen LogP contribution in [0.2, 0.25) is 0 Å². The molecular weight excluding hydrogens is 222 g/mol. The van der Waals surface area contributed by atoms with Crippen molar-refractivity contribution >= 4 is 0 Å². The van der Waals surface area contributed by atoms with Crippen molar-refractivity contribution in [1.82, 2.24) is 4.90 Å². The Balaban J connectivity index is 2.02. The van der Waals surface area contributed by atoms with E-state index in [1.807, 2.05) is 0 Å². The molecule has 1 aromatic carbocycles. The van der Waals surface area contributed by atoms with Gasteiger partial charge in [0.05, 0.1) is 0 Å². The number of nitrogens with zero attached hydrogens (tertiary/aromatic N) is 1. The van der Waals surface area contributed by atoms with Crippen LogP contribution in [-0.4, -0.2) is 24.5 Å². The Morgan fingerprint density at radius 2 is 2.18 bits per heavy atom. The predicted octanol–water partition coefficient (Wildman–Crippen LogP) is 2.14. The molecule has 1 aliphatic rings. The summed E-state index contributed by atoms with van der Waals surface area (Å²) in [6.07, 6.45) is 2.22. The average molecular weight is 240 g/mol. The van der Waals surface area contributed by atoms with Crippen molar-refractivity contribution in [2.75, 3.05) is 19.6 Å². The van der Waals surface area contributed by atoms with Crippen molar-refractivity contribution in [2.24, 2.45) is 11.7 Å². The molecule has 0 aromatic heterocycles. The molecule has 0 bridgehead atoms. The molecule has 0 radical (unpaired) electrons. The Labute approximate surface area is 100 Å². The van der Waals surface area contributed by atoms with Crippen LogP contribution in [0, 0.1) is 17.6 Å². The molecule has 1 saturated heterocycles. The lowest BCUT2D eigenvalue weighted by atomic mass is 9.98. The van der Waals surface area contributed by atoms with Crippen LogP contribution in [-0.2, 0) is 6.54 Å². The maximum absolute atomic E-state index is 13.5. The van der Waals surface area contributed by atoms with E-state index in [4.69, 9.17) is 5.73 Å². The fourth-order valence-corrected chi connectivity index (χ4v) is 2.39. The number of nitrogens with two attached hydrogens (primary N) is 1. The lowest BCUT2D eigenvalue weighted by molar-refractivity contribution is 0.169. The molecule has 0 saturated carbocycles. The second kappa shape index (κ2) is 5.56. The van der Waals surface area contributed by atoms with E-state index in [1.165, 1.54) is 12.1 Å². The molecule has 4 heteroatoms. The van der Waals surface area contributed by atoms with Crippen LogP contribution in [0.15, 0.2) is 18.2 Å². The third-order valence-corrected chi connectivity index (χ3v) is 3.34. The SMILES string of the molecule is NC[C@H]1CCCN(Cc2cc(F)ccc2F)C1. The number of hydrogen-bond acceptors (Lipinski definition) is 2. The quantitative estimate of drug-likeness (QED) is 0.877. The van der Waals surface area contributed by atoms with Crippen molar-refractivity contribution in [3.63, 3.8) is 0 Å². The summed E-state index contributed by atoms with van der Waals surface area (Å²) in [4.78, 5) is 2.15. The summed E-state index contributed by atoms with van der Waals surface area (Å²) in [6.45, 7) is 2.96. The molecule has 2 N–H and O–H groups in total. The smallest absolute Gasteiger partial charge is 0.127 e. The molecule has 0 amide bonds. The third kappa shape index (κ3) is 3.23. The van der Waals surface area contributed by atoms with E-state index >= 15 is 0 Å². The zero-order valence-corrected chi connectivity index (χ0v) is 9.83. The molecule has 17 heavy (non-hydrogen) atoms. The molecule has 2 nitrogen and oxygen atoms in total. The van der Waals surface area contributed by atoms with Crippen molar-refractivity contribution in [2.45, 2.75) is 19.4 Å². The largest absolute Gasteiger partial charge is 0.330 e. The summed E-state index contributed by atoms with van der Waals surface area (Å²) < 4.78 is 26.5. The van der Waals surface area contributed by atoms with E-state index in [0.717, 1.165) is 32.0 Å². The summed E-state index contributed by atoms with van der Waals surface area (Å²) in [7, 11) is 0. The second-order valence-electron chi connectivity index (χ2n) is 4.71. The maximum atomic E-state index is 13.5. The van der Waals surface area contributed by atoms with Gasteiger partial charge in [-0.2, -0.15) is 0 Å². The van der Waals surface area contributed by atoms with Gasteiger partial charge in [0.25, 0.3) is 0 Å². The molecule has 1 heterocycles. The van der Waals surface area contributed by atoms with Crippen LogP contribution in [0.3, 0.4) is 0 Å². The van der Waals surface area contributed by atoms with Crippen LogP contribution in [0.25, 0.3) is 0 Å². The fraction of sp³-hybridized carbons (Fsp3) is 0.538. The maximum Gasteiger partial charge on any atom is 0.127 e. The Hall–Kier alpha value is -1.00. The van der Waals surface area contributed by atoms with Gasteiger partial charge in [-0.15, -0.1) is 0 Å². The molecular formula is C13H18F2N2. The van der Waals surface area contributed by atoms with Crippen LogP contribution < -0.4 is 5.73 Å². The molecule has 1 aromatic rings. The molecule has 0 unspecified atom stereocenters. The first kappa shape index (κ1) is 12.5. The van der Waals surface area contributed by atoms with Crippen molar-refractivity contribution in [1.29, 1.82) is 0 Å². The first-order chi connectivity index (χ1) is 8.19. The molecule has 0 spiro atoms. The minimum Gasteiger partial charge on any atom is -0.330 e. The summed E-state index contributed by atoms with van der Waals surface area (Å²) >= 11 is 0. The van der Waals surface area contributed by atoms with Crippen LogP contribution >= 0.6 is 0 Å². The monoisotopic (exact) mass is 240 g/mol. The Kier molecular flexibility index (Phi) is 4.07.